The van der Waals surface area contributed by atoms with Crippen molar-refractivity contribution in [2.45, 2.75) is 45.2 Å². The summed E-state index contributed by atoms with van der Waals surface area (Å²) in [4.78, 5) is 2.58. The van der Waals surface area contributed by atoms with Crippen molar-refractivity contribution in [1.29, 1.82) is 0 Å². The number of hydrogen-bond donors (Lipinski definition) is 1. The van der Waals surface area contributed by atoms with E-state index in [-0.39, 0.29) is 0 Å². The van der Waals surface area contributed by atoms with Crippen LogP contribution in [0.1, 0.15) is 44.7 Å². The van der Waals surface area contributed by atoms with Crippen molar-refractivity contribution in [2.75, 3.05) is 26.7 Å². The first kappa shape index (κ1) is 15.3. The van der Waals surface area contributed by atoms with Crippen LogP contribution in [0.15, 0.2) is 24.3 Å². The molecule has 2 atom stereocenters. The van der Waals surface area contributed by atoms with E-state index in [0.717, 1.165) is 12.3 Å². The van der Waals surface area contributed by atoms with E-state index in [1.165, 1.54) is 37.9 Å². The van der Waals surface area contributed by atoms with E-state index < -0.39 is 0 Å². The average Bonchev–Trinajstić information content (AvgIpc) is 2.48. The van der Waals surface area contributed by atoms with E-state index in [1.807, 2.05) is 6.07 Å². The van der Waals surface area contributed by atoms with Gasteiger partial charge in [0.05, 0.1) is 7.11 Å². The number of methoxy groups -OCH3 is 1. The fourth-order valence-electron chi connectivity index (χ4n) is 3.02. The van der Waals surface area contributed by atoms with E-state index >= 15 is 0 Å². The monoisotopic (exact) mass is 276 g/mol. The van der Waals surface area contributed by atoms with Crippen molar-refractivity contribution in [1.82, 2.24) is 10.2 Å². The molecule has 0 radical (unpaired) electrons. The zero-order valence-corrected chi connectivity index (χ0v) is 13.1. The first-order chi connectivity index (χ1) is 9.69. The molecule has 0 aromatic heterocycles. The van der Waals surface area contributed by atoms with Crippen LogP contribution in [0, 0.1) is 0 Å². The highest BCUT2D eigenvalue weighted by Gasteiger charge is 2.15. The standard InChI is InChI=1S/C17H28N2O/c1-14(13-19-10-5-4-6-11-19)18-15(2)16-8-7-9-17(12-16)20-3/h7-9,12,14-15,18H,4-6,10-11,13H2,1-3H3. The average molecular weight is 276 g/mol. The molecular weight excluding hydrogens is 248 g/mol. The molecule has 1 heterocycles. The van der Waals surface area contributed by atoms with Crippen molar-refractivity contribution in [3.05, 3.63) is 29.8 Å². The smallest absolute Gasteiger partial charge is 0.119 e. The molecule has 0 saturated carbocycles. The maximum Gasteiger partial charge on any atom is 0.119 e. The van der Waals surface area contributed by atoms with Crippen LogP contribution in [-0.2, 0) is 0 Å². The number of nitrogens with zero attached hydrogens (tertiary/aromatic N) is 1. The highest BCUT2D eigenvalue weighted by molar-refractivity contribution is 5.30. The normalized spacial score (nSPS) is 19.6. The predicted molar refractivity (Wildman–Crippen MR) is 84.3 cm³/mol. The molecule has 1 aliphatic heterocycles. The molecule has 1 aromatic carbocycles. The highest BCUT2D eigenvalue weighted by atomic mass is 16.5. The molecule has 0 spiro atoms. The molecule has 2 rings (SSSR count). The Kier molecular flexibility index (Phi) is 5.86. The van der Waals surface area contributed by atoms with Crippen LogP contribution in [-0.4, -0.2) is 37.7 Å². The lowest BCUT2D eigenvalue weighted by Crippen LogP contribution is -2.42. The van der Waals surface area contributed by atoms with Crippen LogP contribution >= 0.6 is 0 Å². The molecule has 112 valence electrons. The van der Waals surface area contributed by atoms with Crippen LogP contribution in [0.5, 0.6) is 5.75 Å². The minimum absolute atomic E-state index is 0.352. The largest absolute Gasteiger partial charge is 0.497 e. The van der Waals surface area contributed by atoms with Gasteiger partial charge >= 0.3 is 0 Å². The van der Waals surface area contributed by atoms with Gasteiger partial charge < -0.3 is 15.0 Å². The Morgan fingerprint density at radius 3 is 2.65 bits per heavy atom. The molecule has 1 fully saturated rings. The molecule has 1 aliphatic rings. The molecule has 2 unspecified atom stereocenters. The fourth-order valence-corrected chi connectivity index (χ4v) is 3.02. The Hall–Kier alpha value is -1.06. The minimum atomic E-state index is 0.352. The van der Waals surface area contributed by atoms with Crippen molar-refractivity contribution in [3.63, 3.8) is 0 Å². The molecule has 0 amide bonds. The van der Waals surface area contributed by atoms with E-state index in [0.29, 0.717) is 12.1 Å². The third-order valence-electron chi connectivity index (χ3n) is 4.11. The number of nitrogens with one attached hydrogen (secondary N) is 1. The molecule has 1 saturated heterocycles. The summed E-state index contributed by atoms with van der Waals surface area (Å²) < 4.78 is 5.30. The zero-order valence-electron chi connectivity index (χ0n) is 13.1. The van der Waals surface area contributed by atoms with Crippen LogP contribution in [0.2, 0.25) is 0 Å². The van der Waals surface area contributed by atoms with Gasteiger partial charge in [0, 0.05) is 18.6 Å². The molecule has 0 bridgehead atoms. The van der Waals surface area contributed by atoms with E-state index in [1.54, 1.807) is 7.11 Å². The molecule has 3 heteroatoms. The maximum atomic E-state index is 5.30. The minimum Gasteiger partial charge on any atom is -0.497 e. The molecule has 0 aliphatic carbocycles. The highest BCUT2D eigenvalue weighted by Crippen LogP contribution is 2.19. The maximum absolute atomic E-state index is 5.30. The summed E-state index contributed by atoms with van der Waals surface area (Å²) in [6.07, 6.45) is 4.12. The molecule has 1 N–H and O–H groups in total. The van der Waals surface area contributed by atoms with Crippen molar-refractivity contribution in [3.8, 4) is 5.75 Å². The third kappa shape index (κ3) is 4.50. The van der Waals surface area contributed by atoms with Crippen LogP contribution in [0.3, 0.4) is 0 Å². The number of ether oxygens (including phenoxy) is 1. The van der Waals surface area contributed by atoms with E-state index in [9.17, 15) is 0 Å². The van der Waals surface area contributed by atoms with Gasteiger partial charge in [0.15, 0.2) is 0 Å². The Balaban J connectivity index is 1.84. The lowest BCUT2D eigenvalue weighted by atomic mass is 10.1. The molecule has 1 aromatic rings. The quantitative estimate of drug-likeness (QED) is 0.863. The summed E-state index contributed by atoms with van der Waals surface area (Å²) in [6, 6.07) is 9.19. The SMILES string of the molecule is COc1cccc(C(C)NC(C)CN2CCCCC2)c1. The van der Waals surface area contributed by atoms with Gasteiger partial charge in [-0.05, 0) is 57.5 Å². The van der Waals surface area contributed by atoms with Crippen LogP contribution in [0.25, 0.3) is 0 Å². The van der Waals surface area contributed by atoms with Crippen molar-refractivity contribution < 1.29 is 4.74 Å². The lowest BCUT2D eigenvalue weighted by Gasteiger charge is -2.30. The summed E-state index contributed by atoms with van der Waals surface area (Å²) in [5.74, 6) is 0.930. The van der Waals surface area contributed by atoms with Gasteiger partial charge in [-0.3, -0.25) is 0 Å². The number of benzene rings is 1. The molecular formula is C17H28N2O. The summed E-state index contributed by atoms with van der Waals surface area (Å²) in [6.45, 7) is 8.18. The second kappa shape index (κ2) is 7.65. The fraction of sp³-hybridized carbons (Fsp3) is 0.647. The summed E-state index contributed by atoms with van der Waals surface area (Å²) in [5.41, 5.74) is 1.29. The van der Waals surface area contributed by atoms with Gasteiger partial charge in [-0.1, -0.05) is 18.6 Å². The Morgan fingerprint density at radius 2 is 1.95 bits per heavy atom. The number of hydrogen-bond acceptors (Lipinski definition) is 3. The summed E-state index contributed by atoms with van der Waals surface area (Å²) in [7, 11) is 1.72. The number of likely N-dealkylation sites (tertiary alicyclic amines) is 1. The van der Waals surface area contributed by atoms with Gasteiger partial charge in [0.25, 0.3) is 0 Å². The van der Waals surface area contributed by atoms with E-state index in [4.69, 9.17) is 4.74 Å². The van der Waals surface area contributed by atoms with Crippen LogP contribution < -0.4 is 10.1 Å². The van der Waals surface area contributed by atoms with E-state index in [2.05, 4.69) is 42.3 Å². The Labute approximate surface area is 123 Å². The van der Waals surface area contributed by atoms with Crippen molar-refractivity contribution in [2.24, 2.45) is 0 Å². The third-order valence-corrected chi connectivity index (χ3v) is 4.11. The second-order valence-electron chi connectivity index (χ2n) is 5.93. The second-order valence-corrected chi connectivity index (χ2v) is 5.93. The number of piperidine rings is 1. The Morgan fingerprint density at radius 1 is 1.20 bits per heavy atom. The summed E-state index contributed by atoms with van der Waals surface area (Å²) >= 11 is 0. The van der Waals surface area contributed by atoms with Gasteiger partial charge in [-0.15, -0.1) is 0 Å². The topological polar surface area (TPSA) is 24.5 Å². The van der Waals surface area contributed by atoms with Crippen molar-refractivity contribution >= 4 is 0 Å². The van der Waals surface area contributed by atoms with Gasteiger partial charge in [0.1, 0.15) is 5.75 Å². The Bertz CT molecular complexity index is 402. The van der Waals surface area contributed by atoms with Gasteiger partial charge in [-0.25, -0.2) is 0 Å². The predicted octanol–water partition coefficient (Wildman–Crippen LogP) is 3.22. The molecule has 3 nitrogen and oxygen atoms in total. The molecule has 20 heavy (non-hydrogen) atoms. The summed E-state index contributed by atoms with van der Waals surface area (Å²) in [5, 5.41) is 3.70. The first-order valence-electron chi connectivity index (χ1n) is 7.81. The number of rotatable bonds is 6. The van der Waals surface area contributed by atoms with Gasteiger partial charge in [-0.2, -0.15) is 0 Å². The van der Waals surface area contributed by atoms with Crippen LogP contribution in [0.4, 0.5) is 0 Å². The zero-order chi connectivity index (χ0) is 14.4. The first-order valence-corrected chi connectivity index (χ1v) is 7.81. The lowest BCUT2D eigenvalue weighted by molar-refractivity contribution is 0.205. The van der Waals surface area contributed by atoms with Gasteiger partial charge in [0.2, 0.25) is 0 Å².